The van der Waals surface area contributed by atoms with Gasteiger partial charge in [0.1, 0.15) is 17.7 Å². The van der Waals surface area contributed by atoms with Crippen LogP contribution in [0.25, 0.3) is 0 Å². The maximum atomic E-state index is 14.0. The maximum Gasteiger partial charge on any atom is 0.308 e. The van der Waals surface area contributed by atoms with Gasteiger partial charge in [0, 0.05) is 37.5 Å². The highest BCUT2D eigenvalue weighted by molar-refractivity contribution is 5.81. The average molecular weight is 1030 g/mol. The largest absolute Gasteiger partial charge is 0.462 e. The first-order valence-corrected chi connectivity index (χ1v) is 24.6. The molecule has 3 aliphatic heterocycles. The SMILES string of the molecule is C[C@@H]1[C@H](O)[C@@H](C)/C=C/C=C/C=C/C=C/C=C/C=C/C=C/[C@H](O[C@@H]2O[C@H](C)[C@@H](O)[C@H](N)[C@@H]2O)C[C@@H]2O[C@](O)(C[C@@H](O)C[C@@H](O)[C@H](O)CC[C@@H](O)C[C@@H](O)CC(=O)O[C@H]1C)C[C@H](O)[C@H]2C(=O)NC(CO)(CO)CO. The number of fused-ring (bicyclic) bond motifs is 2. The Hall–Kier alpha value is -3.56. The third-order valence-electron chi connectivity index (χ3n) is 13.3. The number of hydrogen-bond acceptors (Lipinski definition) is 20. The summed E-state index contributed by atoms with van der Waals surface area (Å²) in [5.41, 5.74) is 4.14. The van der Waals surface area contributed by atoms with E-state index in [1.165, 1.54) is 13.0 Å². The minimum absolute atomic E-state index is 0.138. The van der Waals surface area contributed by atoms with Crippen LogP contribution in [0.2, 0.25) is 0 Å². The van der Waals surface area contributed by atoms with Crippen molar-refractivity contribution in [2.24, 2.45) is 23.5 Å². The zero-order valence-corrected chi connectivity index (χ0v) is 41.6. The van der Waals surface area contributed by atoms with E-state index in [0.717, 1.165) is 0 Å². The van der Waals surface area contributed by atoms with Crippen LogP contribution in [0.3, 0.4) is 0 Å². The van der Waals surface area contributed by atoms with E-state index in [2.05, 4.69) is 5.32 Å². The summed E-state index contributed by atoms with van der Waals surface area (Å²) in [7, 11) is 0. The molecule has 2 bridgehead atoms. The van der Waals surface area contributed by atoms with Gasteiger partial charge in [-0.1, -0.05) is 98.9 Å². The zero-order chi connectivity index (χ0) is 53.8. The standard InChI is InChI=1S/C51H82N2O19/c1-30-17-15-13-11-9-7-5-6-8-10-12-14-16-18-37(71-49-47(66)44(52)46(65)33(4)70-49)24-41-43(48(67)53-50(27-54,28-55)29-56)40(62)26-51(68,72-41)25-36(59)22-39(61)38(60)20-19-34(57)21-35(58)23-42(63)69-32(3)31(2)45(30)64/h5-18,30-41,43-47,49,54-62,64-66,68H,19-29,52H2,1-4H3,(H,53,67)/b6-5+,9-7+,10-8+,13-11+,14-12+,17-15+,18-16+/t30-,31-,32-,33+,34+,35+,36-,37-,38+,39+,40-,41-,43+,44-,45+,46+,47-,49-,51+/m0/s1. The molecule has 2 fully saturated rings. The molecule has 3 rings (SSSR count). The first kappa shape index (κ1) is 62.7. The van der Waals surface area contributed by atoms with Crippen LogP contribution in [-0.2, 0) is 28.5 Å². The summed E-state index contributed by atoms with van der Waals surface area (Å²) in [6, 6.07) is -1.20. The highest BCUT2D eigenvalue weighted by atomic mass is 16.7. The third kappa shape index (κ3) is 19.9. The van der Waals surface area contributed by atoms with Crippen molar-refractivity contribution in [2.75, 3.05) is 19.8 Å². The number of nitrogens with two attached hydrogens (primary N) is 1. The van der Waals surface area contributed by atoms with Crippen LogP contribution >= 0.6 is 0 Å². The van der Waals surface area contributed by atoms with E-state index in [0.29, 0.717) is 0 Å². The molecule has 1 amide bonds. The fourth-order valence-corrected chi connectivity index (χ4v) is 8.60. The number of cyclic esters (lactones) is 1. The van der Waals surface area contributed by atoms with Gasteiger partial charge >= 0.3 is 5.97 Å². The second-order valence-corrected chi connectivity index (χ2v) is 19.5. The van der Waals surface area contributed by atoms with Crippen molar-refractivity contribution in [3.63, 3.8) is 0 Å². The van der Waals surface area contributed by atoms with Crippen molar-refractivity contribution in [3.8, 4) is 0 Å². The van der Waals surface area contributed by atoms with Gasteiger partial charge in [0.25, 0.3) is 0 Å². The summed E-state index contributed by atoms with van der Waals surface area (Å²) < 4.78 is 23.5. The highest BCUT2D eigenvalue weighted by Gasteiger charge is 2.52. The number of hydrogen-bond donors (Lipinski definition) is 15. The maximum absolute atomic E-state index is 14.0. The van der Waals surface area contributed by atoms with Crippen LogP contribution in [0.4, 0.5) is 0 Å². The van der Waals surface area contributed by atoms with Gasteiger partial charge in [-0.25, -0.2) is 0 Å². The molecule has 0 aliphatic carbocycles. The Kier molecular flexibility index (Phi) is 26.8. The van der Waals surface area contributed by atoms with Gasteiger partial charge in [0.05, 0.1) is 105 Å². The molecule has 72 heavy (non-hydrogen) atoms. The Bertz CT molecular complexity index is 1830. The third-order valence-corrected chi connectivity index (χ3v) is 13.3. The number of amides is 1. The van der Waals surface area contributed by atoms with Crippen LogP contribution < -0.4 is 11.1 Å². The monoisotopic (exact) mass is 1030 g/mol. The van der Waals surface area contributed by atoms with Crippen molar-refractivity contribution >= 4 is 11.9 Å². The van der Waals surface area contributed by atoms with Crippen LogP contribution in [0.5, 0.6) is 0 Å². The molecular formula is C51H82N2O19. The van der Waals surface area contributed by atoms with E-state index in [1.54, 1.807) is 86.8 Å². The van der Waals surface area contributed by atoms with E-state index >= 15 is 0 Å². The Morgan fingerprint density at radius 2 is 1.24 bits per heavy atom. The molecule has 0 aromatic rings. The predicted octanol–water partition coefficient (Wildman–Crippen LogP) is -1.54. The normalized spacial score (nSPS) is 42.4. The first-order valence-electron chi connectivity index (χ1n) is 24.6. The van der Waals surface area contributed by atoms with Crippen LogP contribution in [0.15, 0.2) is 85.1 Å². The number of carbonyl (C=O) groups excluding carboxylic acids is 2. The summed E-state index contributed by atoms with van der Waals surface area (Å²) in [4.78, 5) is 26.6. The summed E-state index contributed by atoms with van der Waals surface area (Å²) in [6.07, 6.45) is 2.19. The molecular weight excluding hydrogens is 945 g/mol. The molecule has 2 saturated heterocycles. The van der Waals surface area contributed by atoms with E-state index in [9.17, 15) is 76.0 Å². The number of aliphatic hydroxyl groups is 13. The summed E-state index contributed by atoms with van der Waals surface area (Å²) in [5.74, 6) is -6.55. The Balaban J connectivity index is 1.98. The lowest BCUT2D eigenvalue weighted by atomic mass is 9.81. The van der Waals surface area contributed by atoms with Gasteiger partial charge < -0.3 is 96.4 Å². The van der Waals surface area contributed by atoms with Gasteiger partial charge in [-0.05, 0) is 33.1 Å². The molecule has 0 radical (unpaired) electrons. The fraction of sp³-hybridized carbons (Fsp3) is 0.686. The molecule has 0 aromatic carbocycles. The molecule has 0 spiro atoms. The van der Waals surface area contributed by atoms with Gasteiger partial charge in [-0.15, -0.1) is 0 Å². The highest BCUT2D eigenvalue weighted by Crippen LogP contribution is 2.38. The molecule has 0 aromatic heterocycles. The smallest absolute Gasteiger partial charge is 0.308 e. The van der Waals surface area contributed by atoms with Crippen molar-refractivity contribution in [3.05, 3.63) is 85.1 Å². The van der Waals surface area contributed by atoms with Crippen molar-refractivity contribution in [1.82, 2.24) is 5.32 Å². The van der Waals surface area contributed by atoms with Crippen LogP contribution in [-0.4, -0.2) is 201 Å². The second kappa shape index (κ2) is 30.7. The summed E-state index contributed by atoms with van der Waals surface area (Å²) >= 11 is 0. The topological polar surface area (TPSA) is 372 Å². The molecule has 3 heterocycles. The lowest BCUT2D eigenvalue weighted by molar-refractivity contribution is -0.307. The molecule has 410 valence electrons. The van der Waals surface area contributed by atoms with E-state index in [1.807, 2.05) is 13.0 Å². The Morgan fingerprint density at radius 1 is 0.681 bits per heavy atom. The number of rotatable bonds is 7. The predicted molar refractivity (Wildman–Crippen MR) is 261 cm³/mol. The number of esters is 1. The number of aliphatic hydroxyl groups excluding tert-OH is 12. The second-order valence-electron chi connectivity index (χ2n) is 19.5. The molecule has 19 atom stereocenters. The fourth-order valence-electron chi connectivity index (χ4n) is 8.60. The minimum atomic E-state index is -2.42. The summed E-state index contributed by atoms with van der Waals surface area (Å²) in [5, 5.41) is 142. The zero-order valence-electron chi connectivity index (χ0n) is 41.6. The molecule has 3 aliphatic rings. The summed E-state index contributed by atoms with van der Waals surface area (Å²) in [6.45, 7) is 3.96. The van der Waals surface area contributed by atoms with Crippen molar-refractivity contribution in [2.45, 2.75) is 182 Å². The molecule has 0 unspecified atom stereocenters. The van der Waals surface area contributed by atoms with Gasteiger partial charge in [-0.2, -0.15) is 0 Å². The van der Waals surface area contributed by atoms with Crippen molar-refractivity contribution < 1.29 is 94.9 Å². The number of allylic oxidation sites excluding steroid dienone is 12. The Labute approximate surface area is 421 Å². The molecule has 16 N–H and O–H groups in total. The lowest BCUT2D eigenvalue weighted by Gasteiger charge is -2.46. The number of carbonyl (C=O) groups is 2. The van der Waals surface area contributed by atoms with Crippen LogP contribution in [0, 0.1) is 17.8 Å². The molecule has 21 heteroatoms. The Morgan fingerprint density at radius 3 is 1.81 bits per heavy atom. The average Bonchev–Trinajstić information content (AvgIpc) is 3.31. The van der Waals surface area contributed by atoms with E-state index in [-0.39, 0.29) is 25.2 Å². The van der Waals surface area contributed by atoms with Gasteiger partial charge in [-0.3, -0.25) is 9.59 Å². The lowest BCUT2D eigenvalue weighted by Crippen LogP contribution is -2.64. The molecule has 21 nitrogen and oxygen atoms in total. The first-order chi connectivity index (χ1) is 34.0. The van der Waals surface area contributed by atoms with Crippen molar-refractivity contribution in [1.29, 1.82) is 0 Å². The van der Waals surface area contributed by atoms with E-state index in [4.69, 9.17) is 24.7 Å². The number of ether oxygens (including phenoxy) is 4. The minimum Gasteiger partial charge on any atom is -0.462 e. The number of nitrogens with one attached hydrogen (secondary N) is 1. The van der Waals surface area contributed by atoms with Gasteiger partial charge in [0.2, 0.25) is 5.91 Å². The van der Waals surface area contributed by atoms with Crippen LogP contribution in [0.1, 0.15) is 79.1 Å². The van der Waals surface area contributed by atoms with E-state index < -0.39 is 179 Å². The quantitative estimate of drug-likeness (QED) is 0.129. The van der Waals surface area contributed by atoms with Gasteiger partial charge in [0.15, 0.2) is 12.1 Å². The molecule has 0 saturated carbocycles.